The van der Waals surface area contributed by atoms with Crippen LogP contribution in [0.5, 0.6) is 0 Å². The Morgan fingerprint density at radius 3 is 2.52 bits per heavy atom. The zero-order valence-corrected chi connectivity index (χ0v) is 19.1. The third-order valence-electron chi connectivity index (χ3n) is 6.95. The summed E-state index contributed by atoms with van der Waals surface area (Å²) in [6.07, 6.45) is 4.71. The second-order valence-corrected chi connectivity index (χ2v) is 9.69. The fraction of sp³-hybridized carbons (Fsp3) is 0.600. The first-order chi connectivity index (χ1) is 15.9. The van der Waals surface area contributed by atoms with Gasteiger partial charge in [0, 0.05) is 38.3 Å². The van der Waals surface area contributed by atoms with E-state index in [0.29, 0.717) is 48.8 Å². The van der Waals surface area contributed by atoms with Crippen molar-refractivity contribution in [3.8, 4) is 6.07 Å². The molecule has 2 aliphatic rings. The van der Waals surface area contributed by atoms with Crippen molar-refractivity contribution in [3.63, 3.8) is 0 Å². The fourth-order valence-corrected chi connectivity index (χ4v) is 5.51. The lowest BCUT2D eigenvalue weighted by molar-refractivity contribution is -0.121. The normalized spacial score (nSPS) is 22.6. The molecular formula is C25H31F2N5O. The van der Waals surface area contributed by atoms with E-state index < -0.39 is 6.43 Å². The number of halogens is 2. The minimum Gasteiger partial charge on any atom is -0.369 e. The van der Waals surface area contributed by atoms with Gasteiger partial charge in [-0.05, 0) is 62.2 Å². The van der Waals surface area contributed by atoms with E-state index in [9.17, 15) is 18.8 Å². The highest BCUT2D eigenvalue weighted by Gasteiger charge is 2.29. The summed E-state index contributed by atoms with van der Waals surface area (Å²) in [5.74, 6) is 1.30. The summed E-state index contributed by atoms with van der Waals surface area (Å²) in [7, 11) is 0. The quantitative estimate of drug-likeness (QED) is 0.620. The van der Waals surface area contributed by atoms with Crippen LogP contribution >= 0.6 is 0 Å². The molecule has 1 aromatic carbocycles. The summed E-state index contributed by atoms with van der Waals surface area (Å²) in [5, 5.41) is 9.40. The highest BCUT2D eigenvalue weighted by atomic mass is 19.3. The molecule has 1 aromatic heterocycles. The van der Waals surface area contributed by atoms with E-state index in [2.05, 4.69) is 27.9 Å². The molecule has 2 atom stereocenters. The Balaban J connectivity index is 1.37. The molecule has 0 unspecified atom stereocenters. The molecule has 176 valence electrons. The average Bonchev–Trinajstić information content (AvgIpc) is 2.79. The Kier molecular flexibility index (Phi) is 7.49. The van der Waals surface area contributed by atoms with Gasteiger partial charge in [-0.1, -0.05) is 6.92 Å². The maximum Gasteiger partial charge on any atom is 0.251 e. The van der Waals surface area contributed by atoms with Crippen LogP contribution in [0.4, 0.5) is 14.5 Å². The summed E-state index contributed by atoms with van der Waals surface area (Å²) < 4.78 is 25.2. The summed E-state index contributed by atoms with van der Waals surface area (Å²) in [6, 6.07) is 5.93. The molecule has 0 spiro atoms. The standard InChI is InChI=1S/C25H31F2N5O/c1-17-10-19(12-21(33)11-18-4-8-31(9-5-18)16-23(26)27)15-32(14-17)22-3-2-20(13-28)24-25(22)30-7-6-29-24/h2-3,6-7,17-19,23H,4-5,8-12,14-16H2,1H3/t17-,19-/m0/s1. The van der Waals surface area contributed by atoms with Gasteiger partial charge in [-0.15, -0.1) is 0 Å². The molecule has 33 heavy (non-hydrogen) atoms. The molecule has 2 fully saturated rings. The van der Waals surface area contributed by atoms with Gasteiger partial charge in [0.1, 0.15) is 22.9 Å². The van der Waals surface area contributed by atoms with E-state index in [1.165, 1.54) is 0 Å². The van der Waals surface area contributed by atoms with Gasteiger partial charge < -0.3 is 4.90 Å². The van der Waals surface area contributed by atoms with Crippen molar-refractivity contribution in [3.05, 3.63) is 30.1 Å². The van der Waals surface area contributed by atoms with Gasteiger partial charge in [-0.25, -0.2) is 8.78 Å². The first kappa shape index (κ1) is 23.5. The summed E-state index contributed by atoms with van der Waals surface area (Å²) in [5.41, 5.74) is 2.82. The van der Waals surface area contributed by atoms with Gasteiger partial charge >= 0.3 is 0 Å². The van der Waals surface area contributed by atoms with Crippen LogP contribution in [0.15, 0.2) is 24.5 Å². The summed E-state index contributed by atoms with van der Waals surface area (Å²) in [4.78, 5) is 25.8. The number of benzene rings is 1. The Labute approximate surface area is 193 Å². The van der Waals surface area contributed by atoms with Gasteiger partial charge in [0.15, 0.2) is 0 Å². The molecule has 0 bridgehead atoms. The molecule has 3 heterocycles. The lowest BCUT2D eigenvalue weighted by Gasteiger charge is -2.38. The smallest absolute Gasteiger partial charge is 0.251 e. The number of carbonyl (C=O) groups is 1. The minimum atomic E-state index is -2.29. The average molecular weight is 456 g/mol. The van der Waals surface area contributed by atoms with Crippen molar-refractivity contribution in [2.45, 2.75) is 45.5 Å². The number of likely N-dealkylation sites (tertiary alicyclic amines) is 1. The molecule has 0 N–H and O–H groups in total. The van der Waals surface area contributed by atoms with Crippen molar-refractivity contribution >= 4 is 22.5 Å². The number of piperidine rings is 2. The van der Waals surface area contributed by atoms with E-state index in [1.807, 2.05) is 6.07 Å². The van der Waals surface area contributed by atoms with Crippen molar-refractivity contribution < 1.29 is 13.6 Å². The van der Waals surface area contributed by atoms with E-state index in [1.54, 1.807) is 23.4 Å². The van der Waals surface area contributed by atoms with E-state index in [0.717, 1.165) is 43.6 Å². The molecule has 8 heteroatoms. The number of hydrogen-bond donors (Lipinski definition) is 0. The fourth-order valence-electron chi connectivity index (χ4n) is 5.51. The van der Waals surface area contributed by atoms with Gasteiger partial charge in [0.2, 0.25) is 0 Å². The maximum atomic E-state index is 12.9. The van der Waals surface area contributed by atoms with E-state index in [4.69, 9.17) is 0 Å². The summed E-state index contributed by atoms with van der Waals surface area (Å²) in [6.45, 7) is 5.02. The predicted molar refractivity (Wildman–Crippen MR) is 123 cm³/mol. The topological polar surface area (TPSA) is 73.1 Å². The van der Waals surface area contributed by atoms with Crippen LogP contribution in [0.1, 0.15) is 44.6 Å². The number of Topliss-reactive ketones (excluding diaryl/α,β-unsaturated/α-hetero) is 1. The number of alkyl halides is 2. The van der Waals surface area contributed by atoms with E-state index in [-0.39, 0.29) is 18.2 Å². The lowest BCUT2D eigenvalue weighted by Crippen LogP contribution is -2.41. The van der Waals surface area contributed by atoms with Crippen LogP contribution in [0.25, 0.3) is 11.0 Å². The number of anilines is 1. The molecule has 4 rings (SSSR count). The van der Waals surface area contributed by atoms with Crippen molar-refractivity contribution in [2.24, 2.45) is 17.8 Å². The van der Waals surface area contributed by atoms with Gasteiger partial charge in [0.05, 0.1) is 17.8 Å². The molecule has 0 saturated carbocycles. The number of fused-ring (bicyclic) bond motifs is 1. The second-order valence-electron chi connectivity index (χ2n) is 9.69. The number of ketones is 1. The van der Waals surface area contributed by atoms with Gasteiger partial charge in [0.25, 0.3) is 6.43 Å². The zero-order valence-electron chi connectivity index (χ0n) is 19.1. The monoisotopic (exact) mass is 455 g/mol. The SMILES string of the molecule is C[C@H]1C[C@@H](CC(=O)CC2CCN(CC(F)F)CC2)CN(c2ccc(C#N)c3nccnc23)C1. The minimum absolute atomic E-state index is 0.162. The van der Waals surface area contributed by atoms with Crippen LogP contribution in [0.2, 0.25) is 0 Å². The third kappa shape index (κ3) is 5.83. The third-order valence-corrected chi connectivity index (χ3v) is 6.95. The first-order valence-corrected chi connectivity index (χ1v) is 11.8. The molecule has 2 aliphatic heterocycles. The van der Waals surface area contributed by atoms with Crippen molar-refractivity contribution in [1.29, 1.82) is 5.26 Å². The van der Waals surface area contributed by atoms with Crippen molar-refractivity contribution in [1.82, 2.24) is 14.9 Å². The molecule has 0 amide bonds. The summed E-state index contributed by atoms with van der Waals surface area (Å²) >= 11 is 0. The largest absolute Gasteiger partial charge is 0.369 e. The van der Waals surface area contributed by atoms with Gasteiger partial charge in [-0.3, -0.25) is 19.7 Å². The number of nitriles is 1. The number of carbonyl (C=O) groups excluding carboxylic acids is 1. The number of aromatic nitrogens is 2. The Morgan fingerprint density at radius 1 is 1.12 bits per heavy atom. The van der Waals surface area contributed by atoms with Crippen LogP contribution in [-0.2, 0) is 4.79 Å². The van der Waals surface area contributed by atoms with Crippen LogP contribution in [0.3, 0.4) is 0 Å². The van der Waals surface area contributed by atoms with E-state index >= 15 is 0 Å². The molecule has 2 saturated heterocycles. The Morgan fingerprint density at radius 2 is 1.82 bits per heavy atom. The highest BCUT2D eigenvalue weighted by molar-refractivity contribution is 5.92. The van der Waals surface area contributed by atoms with Crippen LogP contribution in [-0.4, -0.2) is 59.8 Å². The molecule has 0 aliphatic carbocycles. The second kappa shape index (κ2) is 10.5. The molecule has 2 aromatic rings. The highest BCUT2D eigenvalue weighted by Crippen LogP contribution is 2.33. The Hall–Kier alpha value is -2.66. The Bertz CT molecular complexity index is 1020. The zero-order chi connectivity index (χ0) is 23.4. The first-order valence-electron chi connectivity index (χ1n) is 11.8. The number of hydrogen-bond acceptors (Lipinski definition) is 6. The lowest BCUT2D eigenvalue weighted by atomic mass is 9.83. The van der Waals surface area contributed by atoms with Crippen molar-refractivity contribution in [2.75, 3.05) is 37.6 Å². The predicted octanol–water partition coefficient (Wildman–Crippen LogP) is 4.29. The molecular weight excluding hydrogens is 424 g/mol. The number of nitrogens with zero attached hydrogens (tertiary/aromatic N) is 5. The molecule has 0 radical (unpaired) electrons. The maximum absolute atomic E-state index is 12.9. The van der Waals surface area contributed by atoms with Crippen LogP contribution in [0, 0.1) is 29.1 Å². The van der Waals surface area contributed by atoms with Crippen LogP contribution < -0.4 is 4.90 Å². The van der Waals surface area contributed by atoms with Gasteiger partial charge in [-0.2, -0.15) is 5.26 Å². The molecule has 6 nitrogen and oxygen atoms in total. The number of rotatable bonds is 7.